The second-order valence-electron chi connectivity index (χ2n) is 6.56. The third-order valence-electron chi connectivity index (χ3n) is 4.37. The van der Waals surface area contributed by atoms with Crippen LogP contribution in [0.1, 0.15) is 23.0 Å². The number of rotatable bonds is 5. The molecule has 1 atom stereocenters. The molecule has 1 unspecified atom stereocenters. The maximum Gasteiger partial charge on any atom is 0.433 e. The van der Waals surface area contributed by atoms with E-state index in [9.17, 15) is 13.2 Å². The number of nitrogens with zero attached hydrogens (tertiary/aromatic N) is 4. The van der Waals surface area contributed by atoms with Crippen molar-refractivity contribution in [2.24, 2.45) is 0 Å². The molecule has 156 valence electrons. The summed E-state index contributed by atoms with van der Waals surface area (Å²) in [6.07, 6.45) is -1.58. The van der Waals surface area contributed by atoms with Crippen molar-refractivity contribution in [2.45, 2.75) is 12.2 Å². The van der Waals surface area contributed by atoms with E-state index in [2.05, 4.69) is 25.3 Å². The number of hydrogen-bond donors (Lipinski definition) is 1. The van der Waals surface area contributed by atoms with Crippen molar-refractivity contribution in [3.8, 4) is 11.5 Å². The Morgan fingerprint density at radius 1 is 0.839 bits per heavy atom. The van der Waals surface area contributed by atoms with E-state index in [1.807, 2.05) is 6.07 Å². The molecule has 1 aromatic carbocycles. The molecular formula is C22H15ClF3N5. The number of benzene rings is 1. The van der Waals surface area contributed by atoms with Crippen LogP contribution in [0.3, 0.4) is 0 Å². The van der Waals surface area contributed by atoms with E-state index in [1.54, 1.807) is 60.8 Å². The summed E-state index contributed by atoms with van der Waals surface area (Å²) < 4.78 is 40.6. The Hall–Kier alpha value is -3.52. The van der Waals surface area contributed by atoms with E-state index in [0.717, 1.165) is 11.6 Å². The minimum atomic E-state index is -4.65. The number of aromatic nitrogens is 4. The first kappa shape index (κ1) is 20.7. The Kier molecular flexibility index (Phi) is 5.81. The number of alkyl halides is 3. The van der Waals surface area contributed by atoms with Gasteiger partial charge < -0.3 is 5.32 Å². The summed E-state index contributed by atoms with van der Waals surface area (Å²) in [7, 11) is 0. The molecule has 5 nitrogen and oxygen atoms in total. The van der Waals surface area contributed by atoms with Crippen LogP contribution >= 0.6 is 11.6 Å². The molecule has 0 fully saturated rings. The molecular weight excluding hydrogens is 427 g/mol. The van der Waals surface area contributed by atoms with E-state index in [-0.39, 0.29) is 17.3 Å². The van der Waals surface area contributed by atoms with Crippen LogP contribution in [0.25, 0.3) is 11.5 Å². The Labute approximate surface area is 181 Å². The summed E-state index contributed by atoms with van der Waals surface area (Å²) in [5.74, 6) is -0.151. The summed E-state index contributed by atoms with van der Waals surface area (Å²) in [5, 5.41) is 3.56. The first-order chi connectivity index (χ1) is 14.9. The van der Waals surface area contributed by atoms with Crippen LogP contribution in [0.5, 0.6) is 0 Å². The summed E-state index contributed by atoms with van der Waals surface area (Å²) >= 11 is 6.14. The van der Waals surface area contributed by atoms with Gasteiger partial charge >= 0.3 is 6.18 Å². The van der Waals surface area contributed by atoms with Crippen molar-refractivity contribution in [1.82, 2.24) is 19.9 Å². The number of nitrogens with one attached hydrogen (secondary N) is 1. The summed E-state index contributed by atoms with van der Waals surface area (Å²) in [4.78, 5) is 16.4. The van der Waals surface area contributed by atoms with Gasteiger partial charge in [-0.15, -0.1) is 0 Å². The summed E-state index contributed by atoms with van der Waals surface area (Å²) in [5.41, 5.74) is 0.472. The maximum absolute atomic E-state index is 13.5. The van der Waals surface area contributed by atoms with Crippen LogP contribution in [0.4, 0.5) is 19.0 Å². The van der Waals surface area contributed by atoms with E-state index in [4.69, 9.17) is 11.6 Å². The van der Waals surface area contributed by atoms with Gasteiger partial charge in [0.1, 0.15) is 11.5 Å². The lowest BCUT2D eigenvalue weighted by Gasteiger charge is -2.20. The van der Waals surface area contributed by atoms with Gasteiger partial charge in [-0.1, -0.05) is 35.9 Å². The molecule has 0 aliphatic carbocycles. The first-order valence-electron chi connectivity index (χ1n) is 9.21. The summed E-state index contributed by atoms with van der Waals surface area (Å²) in [6, 6.07) is 17.5. The third-order valence-corrected chi connectivity index (χ3v) is 4.60. The largest absolute Gasteiger partial charge is 0.433 e. The second-order valence-corrected chi connectivity index (χ2v) is 7.00. The molecule has 3 aromatic heterocycles. The number of halogens is 4. The average Bonchev–Trinajstić information content (AvgIpc) is 2.78. The van der Waals surface area contributed by atoms with Crippen LogP contribution < -0.4 is 5.32 Å². The highest BCUT2D eigenvalue weighted by Crippen LogP contribution is 2.32. The quantitative estimate of drug-likeness (QED) is 0.423. The van der Waals surface area contributed by atoms with Crippen LogP contribution in [0.2, 0.25) is 5.02 Å². The topological polar surface area (TPSA) is 63.6 Å². The van der Waals surface area contributed by atoms with Crippen molar-refractivity contribution >= 4 is 17.4 Å². The molecule has 0 bridgehead atoms. The zero-order valence-electron chi connectivity index (χ0n) is 15.9. The zero-order valence-corrected chi connectivity index (χ0v) is 16.6. The predicted octanol–water partition coefficient (Wildman–Crippen LogP) is 5.81. The van der Waals surface area contributed by atoms with Gasteiger partial charge in [0.2, 0.25) is 0 Å². The fourth-order valence-electron chi connectivity index (χ4n) is 2.98. The standard InChI is InChI=1S/C22H15ClF3N5/c23-15-7-5-6-14(12-15)20(16-8-1-3-10-27-16)30-19-13-18(22(24,25)26)29-21(31-19)17-9-2-4-11-28-17/h1-13,20H,(H,29,30,31). The molecule has 4 rings (SSSR count). The van der Waals surface area contributed by atoms with Crippen molar-refractivity contribution in [1.29, 1.82) is 0 Å². The molecule has 1 N–H and O–H groups in total. The third kappa shape index (κ3) is 4.97. The van der Waals surface area contributed by atoms with E-state index in [1.165, 1.54) is 6.20 Å². The van der Waals surface area contributed by atoms with Gasteiger partial charge in [0.25, 0.3) is 0 Å². The molecule has 3 heterocycles. The highest BCUT2D eigenvalue weighted by molar-refractivity contribution is 6.30. The highest BCUT2D eigenvalue weighted by atomic mass is 35.5. The van der Waals surface area contributed by atoms with Crippen LogP contribution in [0.15, 0.2) is 79.1 Å². The van der Waals surface area contributed by atoms with Crippen LogP contribution in [0, 0.1) is 0 Å². The lowest BCUT2D eigenvalue weighted by molar-refractivity contribution is -0.141. The normalized spacial score (nSPS) is 12.4. The number of anilines is 1. The highest BCUT2D eigenvalue weighted by Gasteiger charge is 2.34. The van der Waals surface area contributed by atoms with Gasteiger partial charge in [0, 0.05) is 23.5 Å². The fourth-order valence-corrected chi connectivity index (χ4v) is 3.18. The smallest absolute Gasteiger partial charge is 0.357 e. The van der Waals surface area contributed by atoms with Gasteiger partial charge in [0.15, 0.2) is 11.5 Å². The Morgan fingerprint density at radius 3 is 2.26 bits per heavy atom. The molecule has 4 aromatic rings. The molecule has 9 heteroatoms. The van der Waals surface area contributed by atoms with E-state index in [0.29, 0.717) is 10.7 Å². The first-order valence-corrected chi connectivity index (χ1v) is 9.58. The molecule has 0 aliphatic heterocycles. The minimum Gasteiger partial charge on any atom is -0.357 e. The predicted molar refractivity (Wildman–Crippen MR) is 111 cm³/mol. The molecule has 0 aliphatic rings. The number of hydrogen-bond acceptors (Lipinski definition) is 5. The number of pyridine rings is 2. The van der Waals surface area contributed by atoms with Gasteiger partial charge in [-0.25, -0.2) is 9.97 Å². The van der Waals surface area contributed by atoms with Gasteiger partial charge in [-0.2, -0.15) is 13.2 Å². The zero-order chi connectivity index (χ0) is 21.8. The Bertz CT molecular complexity index is 1170. The van der Waals surface area contributed by atoms with Gasteiger partial charge in [0.05, 0.1) is 11.7 Å². The van der Waals surface area contributed by atoms with E-state index < -0.39 is 17.9 Å². The van der Waals surface area contributed by atoms with Crippen molar-refractivity contribution in [3.63, 3.8) is 0 Å². The Morgan fingerprint density at radius 2 is 1.61 bits per heavy atom. The maximum atomic E-state index is 13.5. The molecule has 31 heavy (non-hydrogen) atoms. The van der Waals surface area contributed by atoms with Crippen LogP contribution in [-0.4, -0.2) is 19.9 Å². The molecule has 0 radical (unpaired) electrons. The fraction of sp³-hybridized carbons (Fsp3) is 0.0909. The van der Waals surface area contributed by atoms with Crippen molar-refractivity contribution < 1.29 is 13.2 Å². The molecule has 0 saturated carbocycles. The molecule has 0 amide bonds. The van der Waals surface area contributed by atoms with Crippen molar-refractivity contribution in [3.05, 3.63) is 101 Å². The van der Waals surface area contributed by atoms with Crippen LogP contribution in [-0.2, 0) is 6.18 Å². The van der Waals surface area contributed by atoms with E-state index >= 15 is 0 Å². The average molecular weight is 442 g/mol. The SMILES string of the molecule is FC(F)(F)c1cc(NC(c2cccc(Cl)c2)c2ccccn2)nc(-c2ccccn2)n1. The Balaban J connectivity index is 1.81. The summed E-state index contributed by atoms with van der Waals surface area (Å²) in [6.45, 7) is 0. The lowest BCUT2D eigenvalue weighted by Crippen LogP contribution is -2.17. The molecule has 0 spiro atoms. The monoisotopic (exact) mass is 441 g/mol. The lowest BCUT2D eigenvalue weighted by atomic mass is 10.0. The second kappa shape index (κ2) is 8.69. The van der Waals surface area contributed by atoms with Crippen molar-refractivity contribution in [2.75, 3.05) is 5.32 Å². The minimum absolute atomic E-state index is 0.0152. The van der Waals surface area contributed by atoms with Gasteiger partial charge in [-0.05, 0) is 42.0 Å². The molecule has 0 saturated heterocycles. The van der Waals surface area contributed by atoms with Gasteiger partial charge in [-0.3, -0.25) is 9.97 Å².